The molecule has 4 nitrogen and oxygen atoms in total. The minimum Gasteiger partial charge on any atom is -0.372 e. The average Bonchev–Trinajstić information content (AvgIpc) is 2.81. The summed E-state index contributed by atoms with van der Waals surface area (Å²) in [4.78, 5) is 16.1. The van der Waals surface area contributed by atoms with Gasteiger partial charge in [-0.05, 0) is 25.0 Å². The monoisotopic (exact) mass is 219 g/mol. The molecule has 4 heteroatoms. The molecule has 0 radical (unpaired) electrons. The molecule has 1 heterocycles. The average molecular weight is 219 g/mol. The molecule has 1 aromatic heterocycles. The number of aromatic nitrogens is 1. The topological polar surface area (TPSA) is 54.0 Å². The molecule has 1 aliphatic carbocycles. The van der Waals surface area contributed by atoms with E-state index in [-0.39, 0.29) is 5.91 Å². The SMILES string of the molecule is CNc1ncccc1C(=O)NC1CCCC1. The first-order valence-corrected chi connectivity index (χ1v) is 5.75. The Morgan fingerprint density at radius 2 is 2.19 bits per heavy atom. The molecule has 1 aliphatic rings. The zero-order chi connectivity index (χ0) is 11.4. The van der Waals surface area contributed by atoms with Crippen LogP contribution in [0, 0.1) is 0 Å². The fraction of sp³-hybridized carbons (Fsp3) is 0.500. The number of anilines is 1. The Hall–Kier alpha value is -1.58. The summed E-state index contributed by atoms with van der Waals surface area (Å²) in [5.74, 6) is 0.613. The van der Waals surface area contributed by atoms with Crippen molar-refractivity contribution in [3.05, 3.63) is 23.9 Å². The quantitative estimate of drug-likeness (QED) is 0.815. The minimum absolute atomic E-state index is 0.0237. The van der Waals surface area contributed by atoms with E-state index < -0.39 is 0 Å². The third-order valence-electron chi connectivity index (χ3n) is 2.98. The van der Waals surface area contributed by atoms with E-state index in [2.05, 4.69) is 15.6 Å². The number of hydrogen-bond donors (Lipinski definition) is 2. The van der Waals surface area contributed by atoms with Crippen molar-refractivity contribution in [2.45, 2.75) is 31.7 Å². The highest BCUT2D eigenvalue weighted by atomic mass is 16.1. The summed E-state index contributed by atoms with van der Waals surface area (Å²) >= 11 is 0. The van der Waals surface area contributed by atoms with Crippen LogP contribution >= 0.6 is 0 Å². The fourth-order valence-electron chi connectivity index (χ4n) is 2.12. The largest absolute Gasteiger partial charge is 0.372 e. The summed E-state index contributed by atoms with van der Waals surface area (Å²) in [6, 6.07) is 3.92. The van der Waals surface area contributed by atoms with E-state index in [1.54, 1.807) is 25.4 Å². The van der Waals surface area contributed by atoms with Gasteiger partial charge in [-0.15, -0.1) is 0 Å². The molecule has 0 aromatic carbocycles. The standard InChI is InChI=1S/C12H17N3O/c1-13-11-10(7-4-8-14-11)12(16)15-9-5-2-3-6-9/h4,7-9H,2-3,5-6H2,1H3,(H,13,14)(H,15,16). The Kier molecular flexibility index (Phi) is 3.39. The van der Waals surface area contributed by atoms with Crippen LogP contribution in [0.5, 0.6) is 0 Å². The molecule has 0 aliphatic heterocycles. The van der Waals surface area contributed by atoms with E-state index >= 15 is 0 Å². The number of nitrogens with zero attached hydrogens (tertiary/aromatic N) is 1. The molecule has 0 saturated heterocycles. The van der Waals surface area contributed by atoms with E-state index in [0.717, 1.165) is 12.8 Å². The van der Waals surface area contributed by atoms with Gasteiger partial charge >= 0.3 is 0 Å². The number of hydrogen-bond acceptors (Lipinski definition) is 3. The summed E-state index contributed by atoms with van der Waals surface area (Å²) < 4.78 is 0. The van der Waals surface area contributed by atoms with Gasteiger partial charge in [0.25, 0.3) is 5.91 Å². The van der Waals surface area contributed by atoms with Crippen LogP contribution in [0.15, 0.2) is 18.3 Å². The lowest BCUT2D eigenvalue weighted by molar-refractivity contribution is 0.0938. The highest BCUT2D eigenvalue weighted by Crippen LogP contribution is 2.19. The number of amides is 1. The van der Waals surface area contributed by atoms with Gasteiger partial charge < -0.3 is 10.6 Å². The zero-order valence-corrected chi connectivity index (χ0v) is 9.49. The molecule has 1 aromatic rings. The van der Waals surface area contributed by atoms with Gasteiger partial charge in [-0.1, -0.05) is 12.8 Å². The molecular formula is C12H17N3O. The second-order valence-electron chi connectivity index (χ2n) is 4.10. The van der Waals surface area contributed by atoms with Crippen molar-refractivity contribution in [1.82, 2.24) is 10.3 Å². The summed E-state index contributed by atoms with van der Waals surface area (Å²) in [5, 5.41) is 5.98. The van der Waals surface area contributed by atoms with Gasteiger partial charge in [0.05, 0.1) is 5.56 Å². The van der Waals surface area contributed by atoms with Gasteiger partial charge in [-0.2, -0.15) is 0 Å². The highest BCUT2D eigenvalue weighted by molar-refractivity contribution is 5.98. The predicted molar refractivity (Wildman–Crippen MR) is 63.5 cm³/mol. The highest BCUT2D eigenvalue weighted by Gasteiger charge is 2.19. The first kappa shape index (κ1) is 10.9. The van der Waals surface area contributed by atoms with Crippen LogP contribution < -0.4 is 10.6 Å². The molecule has 1 fully saturated rings. The van der Waals surface area contributed by atoms with E-state index in [1.165, 1.54) is 12.8 Å². The maximum Gasteiger partial charge on any atom is 0.255 e. The Bertz CT molecular complexity index is 372. The summed E-state index contributed by atoms with van der Waals surface area (Å²) in [6.07, 6.45) is 6.31. The molecule has 1 saturated carbocycles. The Morgan fingerprint density at radius 1 is 1.44 bits per heavy atom. The van der Waals surface area contributed by atoms with Crippen molar-refractivity contribution in [2.75, 3.05) is 12.4 Å². The van der Waals surface area contributed by atoms with Crippen molar-refractivity contribution < 1.29 is 4.79 Å². The van der Waals surface area contributed by atoms with Crippen LogP contribution in [0.3, 0.4) is 0 Å². The van der Waals surface area contributed by atoms with Gasteiger partial charge in [-0.3, -0.25) is 4.79 Å². The molecule has 86 valence electrons. The Labute approximate surface area is 95.5 Å². The van der Waals surface area contributed by atoms with Crippen LogP contribution in [-0.2, 0) is 0 Å². The van der Waals surface area contributed by atoms with Crippen molar-refractivity contribution in [3.8, 4) is 0 Å². The van der Waals surface area contributed by atoms with Crippen LogP contribution in [-0.4, -0.2) is 24.0 Å². The Balaban J connectivity index is 2.07. The lowest BCUT2D eigenvalue weighted by Gasteiger charge is -2.13. The lowest BCUT2D eigenvalue weighted by atomic mass is 10.2. The maximum atomic E-state index is 12.0. The molecule has 1 amide bonds. The Morgan fingerprint density at radius 3 is 2.88 bits per heavy atom. The lowest BCUT2D eigenvalue weighted by Crippen LogP contribution is -2.33. The van der Waals surface area contributed by atoms with Gasteiger partial charge in [0, 0.05) is 19.3 Å². The zero-order valence-electron chi connectivity index (χ0n) is 9.49. The van der Waals surface area contributed by atoms with Gasteiger partial charge in [0.1, 0.15) is 5.82 Å². The molecule has 0 unspecified atom stereocenters. The van der Waals surface area contributed by atoms with Gasteiger partial charge in [-0.25, -0.2) is 4.98 Å². The molecule has 0 bridgehead atoms. The predicted octanol–water partition coefficient (Wildman–Crippen LogP) is 1.80. The van der Waals surface area contributed by atoms with Crippen molar-refractivity contribution in [3.63, 3.8) is 0 Å². The molecule has 16 heavy (non-hydrogen) atoms. The van der Waals surface area contributed by atoms with Crippen LogP contribution in [0.4, 0.5) is 5.82 Å². The molecule has 0 spiro atoms. The summed E-state index contributed by atoms with van der Waals surface area (Å²) in [6.45, 7) is 0. The van der Waals surface area contributed by atoms with Gasteiger partial charge in [0.15, 0.2) is 0 Å². The minimum atomic E-state index is -0.0237. The first-order chi connectivity index (χ1) is 7.81. The summed E-state index contributed by atoms with van der Waals surface area (Å²) in [7, 11) is 1.77. The van der Waals surface area contributed by atoms with Crippen LogP contribution in [0.2, 0.25) is 0 Å². The number of pyridine rings is 1. The number of carbonyl (C=O) groups excluding carboxylic acids is 1. The smallest absolute Gasteiger partial charge is 0.255 e. The van der Waals surface area contributed by atoms with E-state index in [4.69, 9.17) is 0 Å². The maximum absolute atomic E-state index is 12.0. The molecule has 0 atom stereocenters. The van der Waals surface area contributed by atoms with E-state index in [9.17, 15) is 4.79 Å². The number of carbonyl (C=O) groups is 1. The second-order valence-corrected chi connectivity index (χ2v) is 4.10. The first-order valence-electron chi connectivity index (χ1n) is 5.75. The van der Waals surface area contributed by atoms with E-state index in [0.29, 0.717) is 17.4 Å². The number of nitrogens with one attached hydrogen (secondary N) is 2. The third kappa shape index (κ3) is 2.32. The number of rotatable bonds is 3. The molecular weight excluding hydrogens is 202 g/mol. The van der Waals surface area contributed by atoms with Crippen LogP contribution in [0.1, 0.15) is 36.0 Å². The normalized spacial score (nSPS) is 16.1. The van der Waals surface area contributed by atoms with Crippen molar-refractivity contribution >= 4 is 11.7 Å². The van der Waals surface area contributed by atoms with E-state index in [1.807, 2.05) is 0 Å². The second kappa shape index (κ2) is 4.96. The van der Waals surface area contributed by atoms with Gasteiger partial charge in [0.2, 0.25) is 0 Å². The van der Waals surface area contributed by atoms with Crippen molar-refractivity contribution in [2.24, 2.45) is 0 Å². The molecule has 2 N–H and O–H groups in total. The summed E-state index contributed by atoms with van der Waals surface area (Å²) in [5.41, 5.74) is 0.622. The third-order valence-corrected chi connectivity index (χ3v) is 2.98. The van der Waals surface area contributed by atoms with Crippen molar-refractivity contribution in [1.29, 1.82) is 0 Å². The fourth-order valence-corrected chi connectivity index (χ4v) is 2.12. The molecule has 2 rings (SSSR count). The van der Waals surface area contributed by atoms with Crippen LogP contribution in [0.25, 0.3) is 0 Å².